The Morgan fingerprint density at radius 1 is 1.28 bits per heavy atom. The summed E-state index contributed by atoms with van der Waals surface area (Å²) >= 11 is 0. The molecule has 0 spiro atoms. The van der Waals surface area contributed by atoms with Crippen LogP contribution >= 0.6 is 0 Å². The highest BCUT2D eigenvalue weighted by molar-refractivity contribution is 5.82. The Kier molecular flexibility index (Phi) is 2.12. The number of benzene rings is 1. The highest BCUT2D eigenvalue weighted by Crippen LogP contribution is 2.49. The van der Waals surface area contributed by atoms with E-state index in [0.29, 0.717) is 6.04 Å². The molecule has 1 aliphatic heterocycles. The topological polar surface area (TPSA) is 42.1 Å². The van der Waals surface area contributed by atoms with Crippen LogP contribution in [0.3, 0.4) is 0 Å². The Hall–Kier alpha value is -1.61. The number of nitrogens with zero attached hydrogens (tertiary/aromatic N) is 2. The van der Waals surface area contributed by atoms with E-state index in [9.17, 15) is 0 Å². The number of pyridine rings is 1. The Morgan fingerprint density at radius 2 is 2.17 bits per heavy atom. The van der Waals surface area contributed by atoms with E-state index in [2.05, 4.69) is 34.1 Å². The smallest absolute Gasteiger partial charge is 0.0703 e. The van der Waals surface area contributed by atoms with Gasteiger partial charge < -0.3 is 10.6 Å². The predicted molar refractivity (Wildman–Crippen MR) is 73.6 cm³/mol. The molecule has 1 aromatic heterocycles. The molecule has 0 radical (unpaired) electrons. The van der Waals surface area contributed by atoms with Crippen molar-refractivity contribution >= 4 is 16.6 Å². The van der Waals surface area contributed by atoms with Crippen LogP contribution in [0.15, 0.2) is 36.5 Å². The molecule has 3 nitrogen and oxygen atoms in total. The lowest BCUT2D eigenvalue weighted by Crippen LogP contribution is -2.38. The molecule has 2 heterocycles. The van der Waals surface area contributed by atoms with Crippen LogP contribution in [0.5, 0.6) is 0 Å². The molecule has 1 aliphatic carbocycles. The second-order valence-corrected chi connectivity index (χ2v) is 5.48. The first-order valence-electron chi connectivity index (χ1n) is 6.70. The van der Waals surface area contributed by atoms with Crippen molar-refractivity contribution in [2.24, 2.45) is 11.7 Å². The van der Waals surface area contributed by atoms with Crippen LogP contribution in [-0.2, 0) is 0 Å². The number of piperidine rings is 1. The van der Waals surface area contributed by atoms with E-state index in [0.717, 1.165) is 24.0 Å². The normalized spacial score (nSPS) is 29.6. The quantitative estimate of drug-likeness (QED) is 0.873. The fourth-order valence-electron chi connectivity index (χ4n) is 3.37. The minimum Gasteiger partial charge on any atom is -0.363 e. The van der Waals surface area contributed by atoms with Crippen LogP contribution in [0, 0.1) is 5.92 Å². The SMILES string of the molecule is NCC1CC2CC2N1c1cnc2ccccc2c1. The number of fused-ring (bicyclic) bond motifs is 2. The number of aromatic nitrogens is 1. The minimum absolute atomic E-state index is 0.511. The summed E-state index contributed by atoms with van der Waals surface area (Å²) in [6, 6.07) is 11.8. The fraction of sp³-hybridized carbons (Fsp3) is 0.400. The van der Waals surface area contributed by atoms with Crippen LogP contribution in [0.25, 0.3) is 10.9 Å². The Labute approximate surface area is 107 Å². The first kappa shape index (κ1) is 10.3. The van der Waals surface area contributed by atoms with Crippen molar-refractivity contribution in [2.45, 2.75) is 24.9 Å². The van der Waals surface area contributed by atoms with Gasteiger partial charge in [0.1, 0.15) is 0 Å². The summed E-state index contributed by atoms with van der Waals surface area (Å²) in [5.41, 5.74) is 8.21. The molecule has 2 N–H and O–H groups in total. The van der Waals surface area contributed by atoms with E-state index in [1.807, 2.05) is 12.3 Å². The molecule has 18 heavy (non-hydrogen) atoms. The second-order valence-electron chi connectivity index (χ2n) is 5.48. The zero-order valence-corrected chi connectivity index (χ0v) is 10.3. The maximum Gasteiger partial charge on any atom is 0.0703 e. The van der Waals surface area contributed by atoms with Gasteiger partial charge in [0.25, 0.3) is 0 Å². The monoisotopic (exact) mass is 239 g/mol. The standard InChI is InChI=1S/C15H17N3/c16-8-12-6-11-7-15(11)18(12)13-5-10-3-1-2-4-14(10)17-9-13/h1-5,9,11-12,15H,6-8,16H2. The molecule has 2 aliphatic rings. The number of para-hydroxylation sites is 1. The predicted octanol–water partition coefficient (Wildman–Crippen LogP) is 2.16. The van der Waals surface area contributed by atoms with Gasteiger partial charge in [-0.05, 0) is 30.9 Å². The zero-order valence-electron chi connectivity index (χ0n) is 10.3. The molecule has 4 rings (SSSR count). The lowest BCUT2D eigenvalue weighted by Gasteiger charge is -2.28. The van der Waals surface area contributed by atoms with Crippen molar-refractivity contribution in [3.8, 4) is 0 Å². The first-order valence-corrected chi connectivity index (χ1v) is 6.70. The van der Waals surface area contributed by atoms with Gasteiger partial charge in [0.15, 0.2) is 0 Å². The molecule has 1 saturated heterocycles. The van der Waals surface area contributed by atoms with Gasteiger partial charge >= 0.3 is 0 Å². The molecule has 3 heteroatoms. The van der Waals surface area contributed by atoms with Crippen LogP contribution in [0.1, 0.15) is 12.8 Å². The average molecular weight is 239 g/mol. The summed E-state index contributed by atoms with van der Waals surface area (Å²) in [5.74, 6) is 0.880. The number of nitrogens with two attached hydrogens (primary N) is 1. The van der Waals surface area contributed by atoms with Crippen molar-refractivity contribution < 1.29 is 0 Å². The van der Waals surface area contributed by atoms with E-state index < -0.39 is 0 Å². The van der Waals surface area contributed by atoms with Gasteiger partial charge in [0.2, 0.25) is 0 Å². The van der Waals surface area contributed by atoms with Gasteiger partial charge in [-0.25, -0.2) is 0 Å². The summed E-state index contributed by atoms with van der Waals surface area (Å²) in [4.78, 5) is 7.07. The maximum absolute atomic E-state index is 5.89. The van der Waals surface area contributed by atoms with Crippen molar-refractivity contribution in [1.82, 2.24) is 4.98 Å². The third kappa shape index (κ3) is 1.44. The van der Waals surface area contributed by atoms with E-state index in [-0.39, 0.29) is 0 Å². The van der Waals surface area contributed by atoms with E-state index in [1.54, 1.807) is 0 Å². The van der Waals surface area contributed by atoms with Gasteiger partial charge in [-0.1, -0.05) is 18.2 Å². The largest absolute Gasteiger partial charge is 0.363 e. The Morgan fingerprint density at radius 3 is 3.06 bits per heavy atom. The summed E-state index contributed by atoms with van der Waals surface area (Å²) < 4.78 is 0. The van der Waals surface area contributed by atoms with E-state index in [1.165, 1.54) is 23.9 Å². The zero-order chi connectivity index (χ0) is 12.1. The summed E-state index contributed by atoms with van der Waals surface area (Å²) in [6.07, 6.45) is 4.60. The minimum atomic E-state index is 0.511. The van der Waals surface area contributed by atoms with Crippen LogP contribution < -0.4 is 10.6 Å². The lowest BCUT2D eigenvalue weighted by molar-refractivity contribution is 0.606. The Bertz CT molecular complexity index is 595. The number of hydrogen-bond donors (Lipinski definition) is 1. The average Bonchev–Trinajstić information content (AvgIpc) is 3.09. The molecular weight excluding hydrogens is 222 g/mol. The van der Waals surface area contributed by atoms with Crippen LogP contribution in [-0.4, -0.2) is 23.6 Å². The molecule has 3 unspecified atom stereocenters. The van der Waals surface area contributed by atoms with Gasteiger partial charge in [0.05, 0.1) is 17.4 Å². The number of rotatable bonds is 2. The summed E-state index contributed by atoms with van der Waals surface area (Å²) in [7, 11) is 0. The van der Waals surface area contributed by atoms with Crippen molar-refractivity contribution in [2.75, 3.05) is 11.4 Å². The highest BCUT2D eigenvalue weighted by atomic mass is 15.3. The molecule has 0 bridgehead atoms. The summed E-state index contributed by atoms with van der Waals surface area (Å²) in [5, 5.41) is 1.22. The van der Waals surface area contributed by atoms with E-state index >= 15 is 0 Å². The molecule has 2 fully saturated rings. The van der Waals surface area contributed by atoms with Gasteiger partial charge in [-0.15, -0.1) is 0 Å². The molecule has 1 aromatic carbocycles. The molecule has 2 aromatic rings. The first-order chi connectivity index (χ1) is 8.86. The second kappa shape index (κ2) is 3.69. The highest BCUT2D eigenvalue weighted by Gasteiger charge is 2.51. The van der Waals surface area contributed by atoms with Gasteiger partial charge in [-0.2, -0.15) is 0 Å². The molecule has 0 amide bonds. The van der Waals surface area contributed by atoms with Crippen molar-refractivity contribution in [1.29, 1.82) is 0 Å². The van der Waals surface area contributed by atoms with Crippen LogP contribution in [0.2, 0.25) is 0 Å². The number of anilines is 1. The molecule has 3 atom stereocenters. The fourth-order valence-corrected chi connectivity index (χ4v) is 3.37. The van der Waals surface area contributed by atoms with Gasteiger partial charge in [-0.3, -0.25) is 4.98 Å². The molecule has 1 saturated carbocycles. The van der Waals surface area contributed by atoms with Crippen molar-refractivity contribution in [3.05, 3.63) is 36.5 Å². The van der Waals surface area contributed by atoms with Crippen molar-refractivity contribution in [3.63, 3.8) is 0 Å². The van der Waals surface area contributed by atoms with Crippen LogP contribution in [0.4, 0.5) is 5.69 Å². The lowest BCUT2D eigenvalue weighted by atomic mass is 10.1. The Balaban J connectivity index is 1.77. The third-order valence-electron chi connectivity index (χ3n) is 4.36. The summed E-state index contributed by atoms with van der Waals surface area (Å²) in [6.45, 7) is 0.750. The maximum atomic E-state index is 5.89. The third-order valence-corrected chi connectivity index (χ3v) is 4.36. The molecular formula is C15H17N3. The van der Waals surface area contributed by atoms with E-state index in [4.69, 9.17) is 5.73 Å². The number of hydrogen-bond acceptors (Lipinski definition) is 3. The van der Waals surface area contributed by atoms with Gasteiger partial charge in [0, 0.05) is 24.0 Å². The molecule has 92 valence electrons.